The molecule has 5 aliphatic heterocycles. The summed E-state index contributed by atoms with van der Waals surface area (Å²) in [6.07, 6.45) is 7.35. The fourth-order valence-corrected chi connectivity index (χ4v) is 12.1. The van der Waals surface area contributed by atoms with Crippen LogP contribution in [0.3, 0.4) is 0 Å². The molecule has 0 spiro atoms. The van der Waals surface area contributed by atoms with Crippen molar-refractivity contribution >= 4 is 17.7 Å². The molecule has 5 fully saturated rings. The molecule has 0 saturated carbocycles. The number of hydrogen-bond donors (Lipinski definition) is 8. The number of amides is 3. The standard InChI is InChI=1S/C22H35N3O2.C20H31N3O2.C19H31N3O2/c1-4-24-13-10-19(26)20(24)21(27)23-22(16-18-8-6-5-7-9-18)11-14-25(15-12-22)17(2)3;1-15(2)23-12-9-20(10-13-23,14-16-6-4-3-5-7-16)22-19(25)18-17(24)8-11-21-18;1-14(2)22-11-9-19(10-12-22,13-16-7-5-4-6-8-16)21-18(24)17(20)15(3)23/h5-9,17,19-20,26H,4,10-16H2,1-3H3,(H,23,27);3-7,15,17-18,21,24H,8-14H2,1-2H3,(H,22,25);4-8,14-15,17,23H,9-13,20H2,1-3H3,(H,21,24). The van der Waals surface area contributed by atoms with Crippen LogP contribution in [0, 0.1) is 0 Å². The number of piperidine rings is 3. The molecule has 0 aliphatic carbocycles. The Balaban J connectivity index is 0.000000185. The van der Waals surface area contributed by atoms with E-state index < -0.39 is 36.4 Å². The molecule has 422 valence electrons. The lowest BCUT2D eigenvalue weighted by molar-refractivity contribution is -0.131. The van der Waals surface area contributed by atoms with Crippen molar-refractivity contribution < 1.29 is 29.7 Å². The predicted octanol–water partition coefficient (Wildman–Crippen LogP) is 4.65. The number of nitrogens with zero attached hydrogens (tertiary/aromatic N) is 4. The van der Waals surface area contributed by atoms with E-state index in [2.05, 4.69) is 150 Å². The number of likely N-dealkylation sites (N-methyl/N-ethyl adjacent to an activating group) is 1. The molecule has 3 amide bonds. The molecular weight excluding hydrogens is 955 g/mol. The van der Waals surface area contributed by atoms with Crippen LogP contribution in [0.25, 0.3) is 0 Å². The Bertz CT molecular complexity index is 2190. The number of aliphatic hydroxyl groups excluding tert-OH is 3. The molecule has 76 heavy (non-hydrogen) atoms. The van der Waals surface area contributed by atoms with Crippen molar-refractivity contribution in [1.82, 2.24) is 40.9 Å². The SMILES string of the molecule is CC(C)N1CCC(Cc2ccccc2)(NC(=O)C2NCCC2O)CC1.CC(O)C(N)C(=O)NC1(Cc2ccccc2)CCN(C(C)C)CC1.CCN1CCC(O)C1C(=O)NC1(Cc2ccccc2)CCN(C(C)C)CC1. The molecule has 5 aliphatic rings. The number of nitrogens with one attached hydrogen (secondary N) is 4. The summed E-state index contributed by atoms with van der Waals surface area (Å²) in [5.41, 5.74) is 8.80. The van der Waals surface area contributed by atoms with Crippen LogP contribution in [0.15, 0.2) is 91.0 Å². The fourth-order valence-electron chi connectivity index (χ4n) is 12.1. The second-order valence-electron chi connectivity index (χ2n) is 23.7. The van der Waals surface area contributed by atoms with E-state index in [0.29, 0.717) is 37.5 Å². The van der Waals surface area contributed by atoms with E-state index in [1.807, 2.05) is 30.3 Å². The first-order chi connectivity index (χ1) is 36.3. The molecule has 8 rings (SSSR count). The highest BCUT2D eigenvalue weighted by Crippen LogP contribution is 2.32. The van der Waals surface area contributed by atoms with Crippen molar-refractivity contribution in [2.24, 2.45) is 5.73 Å². The Kier molecular flexibility index (Phi) is 22.9. The van der Waals surface area contributed by atoms with Gasteiger partial charge in [-0.25, -0.2) is 0 Å². The number of aliphatic hydroxyl groups is 3. The van der Waals surface area contributed by atoms with Crippen molar-refractivity contribution in [3.63, 3.8) is 0 Å². The van der Waals surface area contributed by atoms with E-state index in [-0.39, 0.29) is 34.3 Å². The zero-order chi connectivity index (χ0) is 55.0. The van der Waals surface area contributed by atoms with Crippen LogP contribution in [0.5, 0.6) is 0 Å². The van der Waals surface area contributed by atoms with Crippen molar-refractivity contribution in [3.8, 4) is 0 Å². The van der Waals surface area contributed by atoms with Crippen LogP contribution in [-0.2, 0) is 33.6 Å². The monoisotopic (exact) mass is 1050 g/mol. The van der Waals surface area contributed by atoms with Gasteiger partial charge in [-0.3, -0.25) is 19.3 Å². The van der Waals surface area contributed by atoms with Gasteiger partial charge in [0.1, 0.15) is 18.1 Å². The topological polar surface area (TPSA) is 199 Å². The Labute approximate surface area is 456 Å². The van der Waals surface area contributed by atoms with Crippen LogP contribution in [0.1, 0.15) is 123 Å². The molecule has 0 radical (unpaired) electrons. The Morgan fingerprint density at radius 3 is 1.26 bits per heavy atom. The molecule has 5 saturated heterocycles. The summed E-state index contributed by atoms with van der Waals surface area (Å²) in [6, 6.07) is 30.9. The van der Waals surface area contributed by atoms with Crippen LogP contribution < -0.4 is 27.0 Å². The molecule has 9 N–H and O–H groups in total. The summed E-state index contributed by atoms with van der Waals surface area (Å²) in [6.45, 7) is 25.1. The molecule has 6 atom stereocenters. The molecule has 0 bridgehead atoms. The molecule has 0 aromatic heterocycles. The first-order valence-corrected chi connectivity index (χ1v) is 28.8. The number of benzene rings is 3. The van der Waals surface area contributed by atoms with Gasteiger partial charge in [-0.2, -0.15) is 0 Å². The largest absolute Gasteiger partial charge is 0.391 e. The van der Waals surface area contributed by atoms with E-state index in [1.165, 1.54) is 16.7 Å². The quantitative estimate of drug-likeness (QED) is 0.0934. The average molecular weight is 1050 g/mol. The second kappa shape index (κ2) is 28.5. The Morgan fingerprint density at radius 2 is 0.934 bits per heavy atom. The van der Waals surface area contributed by atoms with Gasteiger partial charge in [0.15, 0.2) is 0 Å². The number of hydrogen-bond acceptors (Lipinski definition) is 12. The van der Waals surface area contributed by atoms with Gasteiger partial charge in [-0.05, 0) is 149 Å². The van der Waals surface area contributed by atoms with Crippen molar-refractivity contribution in [1.29, 1.82) is 0 Å². The van der Waals surface area contributed by atoms with Crippen LogP contribution >= 0.6 is 0 Å². The number of rotatable bonds is 17. The first-order valence-electron chi connectivity index (χ1n) is 28.8. The highest BCUT2D eigenvalue weighted by atomic mass is 16.3. The molecule has 6 unspecified atom stereocenters. The van der Waals surface area contributed by atoms with Crippen LogP contribution in [0.4, 0.5) is 0 Å². The first kappa shape index (κ1) is 60.9. The van der Waals surface area contributed by atoms with Crippen molar-refractivity contribution in [2.75, 3.05) is 58.9 Å². The minimum absolute atomic E-state index is 0.00391. The highest BCUT2D eigenvalue weighted by Gasteiger charge is 2.44. The summed E-state index contributed by atoms with van der Waals surface area (Å²) < 4.78 is 0. The molecule has 3 aromatic carbocycles. The average Bonchev–Trinajstić information content (AvgIpc) is 4.02. The summed E-state index contributed by atoms with van der Waals surface area (Å²) >= 11 is 0. The van der Waals surface area contributed by atoms with Crippen LogP contribution in [0.2, 0.25) is 0 Å². The molecule has 15 heteroatoms. The normalized spacial score (nSPS) is 24.7. The molecular formula is C61H97N9O6. The number of nitrogens with two attached hydrogens (primary N) is 1. The van der Waals surface area contributed by atoms with Crippen LogP contribution in [-0.4, -0.2) is 183 Å². The Morgan fingerprint density at radius 1 is 0.566 bits per heavy atom. The lowest BCUT2D eigenvalue weighted by atomic mass is 9.81. The van der Waals surface area contributed by atoms with E-state index in [4.69, 9.17) is 5.73 Å². The smallest absolute Gasteiger partial charge is 0.240 e. The van der Waals surface area contributed by atoms with E-state index >= 15 is 0 Å². The Hall–Kier alpha value is -4.29. The van der Waals surface area contributed by atoms with E-state index in [0.717, 1.165) is 110 Å². The van der Waals surface area contributed by atoms with Gasteiger partial charge in [-0.15, -0.1) is 0 Å². The molecule has 15 nitrogen and oxygen atoms in total. The zero-order valence-electron chi connectivity index (χ0n) is 47.4. The van der Waals surface area contributed by atoms with Crippen molar-refractivity contribution in [3.05, 3.63) is 108 Å². The highest BCUT2D eigenvalue weighted by molar-refractivity contribution is 5.84. The summed E-state index contributed by atoms with van der Waals surface area (Å²) in [4.78, 5) is 47.9. The summed E-state index contributed by atoms with van der Waals surface area (Å²) in [7, 11) is 0. The lowest BCUT2D eigenvalue weighted by Gasteiger charge is -2.45. The number of likely N-dealkylation sites (tertiary alicyclic amines) is 4. The van der Waals surface area contributed by atoms with Gasteiger partial charge >= 0.3 is 0 Å². The van der Waals surface area contributed by atoms with Crippen molar-refractivity contribution in [2.45, 2.75) is 197 Å². The van der Waals surface area contributed by atoms with E-state index in [1.54, 1.807) is 6.92 Å². The zero-order valence-corrected chi connectivity index (χ0v) is 47.4. The van der Waals surface area contributed by atoms with Gasteiger partial charge < -0.3 is 57.0 Å². The van der Waals surface area contributed by atoms with Gasteiger partial charge in [-0.1, -0.05) is 97.9 Å². The third kappa shape index (κ3) is 17.1. The fraction of sp³-hybridized carbons (Fsp3) is 0.656. The number of carbonyl (C=O) groups is 3. The summed E-state index contributed by atoms with van der Waals surface area (Å²) in [5, 5.41) is 43.1. The van der Waals surface area contributed by atoms with Gasteiger partial charge in [0.05, 0.1) is 18.3 Å². The van der Waals surface area contributed by atoms with Gasteiger partial charge in [0, 0.05) is 80.6 Å². The number of carbonyl (C=O) groups excluding carboxylic acids is 3. The maximum atomic E-state index is 13.2. The third-order valence-electron chi connectivity index (χ3n) is 17.2. The minimum Gasteiger partial charge on any atom is -0.391 e. The predicted molar refractivity (Wildman–Crippen MR) is 305 cm³/mol. The maximum absolute atomic E-state index is 13.2. The minimum atomic E-state index is -0.888. The summed E-state index contributed by atoms with van der Waals surface area (Å²) in [5.74, 6) is -0.325. The molecule has 3 aromatic rings. The van der Waals surface area contributed by atoms with E-state index in [9.17, 15) is 29.7 Å². The maximum Gasteiger partial charge on any atom is 0.240 e. The van der Waals surface area contributed by atoms with Gasteiger partial charge in [0.25, 0.3) is 0 Å². The second-order valence-corrected chi connectivity index (χ2v) is 23.7. The van der Waals surface area contributed by atoms with Gasteiger partial charge in [0.2, 0.25) is 17.7 Å². The third-order valence-corrected chi connectivity index (χ3v) is 17.2. The lowest BCUT2D eigenvalue weighted by Crippen LogP contribution is -2.61. The molecule has 5 heterocycles.